The Labute approximate surface area is 145 Å². The largest absolute Gasteiger partial charge is 0.476 e. The van der Waals surface area contributed by atoms with E-state index in [0.717, 1.165) is 25.1 Å². The fourth-order valence-corrected chi connectivity index (χ4v) is 2.37. The number of aromatic nitrogens is 2. The molecule has 0 aliphatic rings. The van der Waals surface area contributed by atoms with Crippen molar-refractivity contribution in [2.45, 2.75) is 71.6 Å². The van der Waals surface area contributed by atoms with E-state index in [1.165, 1.54) is 38.5 Å². The van der Waals surface area contributed by atoms with Crippen molar-refractivity contribution in [3.8, 4) is 5.88 Å². The van der Waals surface area contributed by atoms with Crippen LogP contribution >= 0.6 is 12.2 Å². The highest BCUT2D eigenvalue weighted by atomic mass is 32.1. The van der Waals surface area contributed by atoms with Crippen LogP contribution in [-0.2, 0) is 6.42 Å². The molecule has 1 rings (SSSR count). The number of hydrogen-bond donors (Lipinski definition) is 2. The summed E-state index contributed by atoms with van der Waals surface area (Å²) >= 11 is 4.89. The van der Waals surface area contributed by atoms with Crippen LogP contribution in [0.4, 0.5) is 5.69 Å². The summed E-state index contributed by atoms with van der Waals surface area (Å²) in [4.78, 5) is 8.88. The van der Waals surface area contributed by atoms with E-state index in [-0.39, 0.29) is 5.11 Å². The van der Waals surface area contributed by atoms with Gasteiger partial charge in [-0.05, 0) is 25.1 Å². The summed E-state index contributed by atoms with van der Waals surface area (Å²) in [5.74, 6) is 1.36. The maximum absolute atomic E-state index is 5.84. The van der Waals surface area contributed by atoms with Crippen molar-refractivity contribution >= 4 is 23.0 Å². The number of nitrogens with two attached hydrogens (primary N) is 1. The Morgan fingerprint density at radius 3 is 2.52 bits per heavy atom. The summed E-state index contributed by atoms with van der Waals surface area (Å²) in [5.41, 5.74) is 6.19. The van der Waals surface area contributed by atoms with Crippen LogP contribution in [0.2, 0.25) is 0 Å². The molecule has 0 saturated heterocycles. The molecular weight excluding hydrogens is 308 g/mol. The van der Waals surface area contributed by atoms with E-state index >= 15 is 0 Å². The van der Waals surface area contributed by atoms with Crippen molar-refractivity contribution in [2.24, 2.45) is 5.73 Å². The van der Waals surface area contributed by atoms with Gasteiger partial charge >= 0.3 is 0 Å². The third-order valence-electron chi connectivity index (χ3n) is 3.55. The molecular formula is C17H30N4OS. The van der Waals surface area contributed by atoms with E-state index in [4.69, 9.17) is 22.7 Å². The Balaban J connectivity index is 2.58. The van der Waals surface area contributed by atoms with Crippen LogP contribution < -0.4 is 15.8 Å². The number of aryl methyl sites for hydroxylation is 1. The summed E-state index contributed by atoms with van der Waals surface area (Å²) in [5, 5.41) is 3.08. The Hall–Kier alpha value is -1.43. The lowest BCUT2D eigenvalue weighted by Crippen LogP contribution is -2.20. The van der Waals surface area contributed by atoms with Crippen molar-refractivity contribution in [3.63, 3.8) is 0 Å². The fourth-order valence-electron chi connectivity index (χ4n) is 2.26. The summed E-state index contributed by atoms with van der Waals surface area (Å²) in [6, 6.07) is 0. The van der Waals surface area contributed by atoms with Crippen LogP contribution in [0, 0.1) is 0 Å². The van der Waals surface area contributed by atoms with Crippen LogP contribution in [-0.4, -0.2) is 21.7 Å². The smallest absolute Gasteiger partial charge is 0.241 e. The minimum absolute atomic E-state index is 0.195. The highest BCUT2D eigenvalue weighted by molar-refractivity contribution is 7.80. The fraction of sp³-hybridized carbons (Fsp3) is 0.706. The van der Waals surface area contributed by atoms with Gasteiger partial charge in [0.05, 0.1) is 12.8 Å². The highest BCUT2D eigenvalue weighted by Gasteiger charge is 2.09. The zero-order valence-corrected chi connectivity index (χ0v) is 15.3. The topological polar surface area (TPSA) is 73.1 Å². The molecule has 0 unspecified atom stereocenters. The van der Waals surface area contributed by atoms with Gasteiger partial charge in [0.2, 0.25) is 5.88 Å². The van der Waals surface area contributed by atoms with Gasteiger partial charge in [0, 0.05) is 6.42 Å². The molecule has 0 amide bonds. The van der Waals surface area contributed by atoms with Crippen LogP contribution in [0.5, 0.6) is 5.88 Å². The average Bonchev–Trinajstić information content (AvgIpc) is 2.52. The standard InChI is InChI=1S/C17H30N4OS/c1-3-5-7-8-10-12-22-16-14(20-17(18)23)13-19-15(21-16)11-9-6-4-2/h13H,3-12H2,1-2H3,(H3,18,20,23). The minimum Gasteiger partial charge on any atom is -0.476 e. The first-order chi connectivity index (χ1) is 11.2. The maximum Gasteiger partial charge on any atom is 0.241 e. The monoisotopic (exact) mass is 338 g/mol. The van der Waals surface area contributed by atoms with Gasteiger partial charge in [-0.15, -0.1) is 0 Å². The molecule has 6 heteroatoms. The van der Waals surface area contributed by atoms with Gasteiger partial charge in [0.25, 0.3) is 0 Å². The molecule has 1 aromatic rings. The van der Waals surface area contributed by atoms with Crippen LogP contribution in [0.1, 0.15) is 71.0 Å². The normalized spacial score (nSPS) is 10.5. The molecule has 0 aromatic carbocycles. The Morgan fingerprint density at radius 1 is 1.13 bits per heavy atom. The number of ether oxygens (including phenoxy) is 1. The van der Waals surface area contributed by atoms with Crippen molar-refractivity contribution in [1.29, 1.82) is 0 Å². The molecule has 23 heavy (non-hydrogen) atoms. The second-order valence-electron chi connectivity index (χ2n) is 5.71. The van der Waals surface area contributed by atoms with Gasteiger partial charge in [0.15, 0.2) is 5.11 Å². The van der Waals surface area contributed by atoms with Crippen molar-refractivity contribution < 1.29 is 4.74 Å². The number of nitrogens with one attached hydrogen (secondary N) is 1. The number of rotatable bonds is 12. The minimum atomic E-state index is 0.195. The zero-order chi connectivity index (χ0) is 16.9. The molecule has 5 nitrogen and oxygen atoms in total. The molecule has 0 bridgehead atoms. The van der Waals surface area contributed by atoms with Gasteiger partial charge in [-0.2, -0.15) is 4.98 Å². The third kappa shape index (κ3) is 8.69. The SMILES string of the molecule is CCCCCCCOc1nc(CCCCC)ncc1NC(N)=S. The quantitative estimate of drug-likeness (QED) is 0.439. The molecule has 0 atom stereocenters. The second kappa shape index (κ2) is 12.0. The molecule has 0 spiro atoms. The van der Waals surface area contributed by atoms with E-state index < -0.39 is 0 Å². The summed E-state index contributed by atoms with van der Waals surface area (Å²) in [7, 11) is 0. The van der Waals surface area contributed by atoms with Crippen LogP contribution in [0.3, 0.4) is 0 Å². The Morgan fingerprint density at radius 2 is 1.83 bits per heavy atom. The van der Waals surface area contributed by atoms with Gasteiger partial charge in [-0.1, -0.05) is 52.4 Å². The molecule has 3 N–H and O–H groups in total. The molecule has 0 fully saturated rings. The van der Waals surface area contributed by atoms with Gasteiger partial charge in [0.1, 0.15) is 11.5 Å². The summed E-state index contributed by atoms with van der Waals surface area (Å²) in [6.45, 7) is 5.05. The lowest BCUT2D eigenvalue weighted by atomic mass is 10.2. The zero-order valence-electron chi connectivity index (χ0n) is 14.4. The van der Waals surface area contributed by atoms with E-state index in [0.29, 0.717) is 18.2 Å². The van der Waals surface area contributed by atoms with Crippen molar-refractivity contribution in [2.75, 3.05) is 11.9 Å². The predicted octanol–water partition coefficient (Wildman–Crippen LogP) is 4.21. The lowest BCUT2D eigenvalue weighted by Gasteiger charge is -2.12. The molecule has 0 aliphatic heterocycles. The highest BCUT2D eigenvalue weighted by Crippen LogP contribution is 2.21. The molecule has 1 aromatic heterocycles. The molecule has 1 heterocycles. The van der Waals surface area contributed by atoms with Crippen molar-refractivity contribution in [1.82, 2.24) is 9.97 Å². The van der Waals surface area contributed by atoms with E-state index in [2.05, 4.69) is 29.1 Å². The Kier molecular flexibility index (Phi) is 10.3. The van der Waals surface area contributed by atoms with E-state index in [1.54, 1.807) is 6.20 Å². The maximum atomic E-state index is 5.84. The first-order valence-corrected chi connectivity index (χ1v) is 9.13. The lowest BCUT2D eigenvalue weighted by molar-refractivity contribution is 0.293. The number of thiocarbonyl (C=S) groups is 1. The number of hydrogen-bond acceptors (Lipinski definition) is 4. The van der Waals surface area contributed by atoms with E-state index in [1.807, 2.05) is 0 Å². The molecule has 130 valence electrons. The van der Waals surface area contributed by atoms with Gasteiger partial charge < -0.3 is 15.8 Å². The Bertz CT molecular complexity index is 468. The number of anilines is 1. The second-order valence-corrected chi connectivity index (χ2v) is 6.15. The summed E-state index contributed by atoms with van der Waals surface area (Å²) in [6.07, 6.45) is 12.0. The van der Waals surface area contributed by atoms with Gasteiger partial charge in [-0.3, -0.25) is 0 Å². The molecule has 0 saturated carbocycles. The first-order valence-electron chi connectivity index (χ1n) is 8.72. The number of unbranched alkanes of at least 4 members (excludes halogenated alkanes) is 6. The van der Waals surface area contributed by atoms with Crippen molar-refractivity contribution in [3.05, 3.63) is 12.0 Å². The number of nitrogens with zero attached hydrogens (tertiary/aromatic N) is 2. The predicted molar refractivity (Wildman–Crippen MR) is 99.9 cm³/mol. The molecule has 0 radical (unpaired) electrons. The summed E-state index contributed by atoms with van der Waals surface area (Å²) < 4.78 is 5.84. The van der Waals surface area contributed by atoms with Crippen LogP contribution in [0.15, 0.2) is 6.20 Å². The average molecular weight is 339 g/mol. The molecule has 0 aliphatic carbocycles. The third-order valence-corrected chi connectivity index (χ3v) is 3.65. The van der Waals surface area contributed by atoms with Crippen LogP contribution in [0.25, 0.3) is 0 Å². The van der Waals surface area contributed by atoms with Gasteiger partial charge in [-0.25, -0.2) is 4.98 Å². The van der Waals surface area contributed by atoms with E-state index in [9.17, 15) is 0 Å². The first kappa shape index (κ1) is 19.6.